The summed E-state index contributed by atoms with van der Waals surface area (Å²) in [4.78, 5) is 32.6. The fourth-order valence-corrected chi connectivity index (χ4v) is 2.75. The van der Waals surface area contributed by atoms with Gasteiger partial charge in [-0.3, -0.25) is 9.59 Å². The van der Waals surface area contributed by atoms with Crippen molar-refractivity contribution in [3.8, 4) is 5.75 Å². The van der Waals surface area contributed by atoms with E-state index in [0.717, 1.165) is 22.3 Å². The van der Waals surface area contributed by atoms with Gasteiger partial charge in [0.05, 0.1) is 10.9 Å². The number of carbonyl (C=O) groups excluding carboxylic acids is 2. The minimum Gasteiger partial charge on any atom is -0.478 e. The van der Waals surface area contributed by atoms with Gasteiger partial charge in [0.1, 0.15) is 5.75 Å². The van der Waals surface area contributed by atoms with Crippen molar-refractivity contribution in [3.05, 3.63) is 63.2 Å². The van der Waals surface area contributed by atoms with Gasteiger partial charge in [-0.05, 0) is 86.7 Å². The van der Waals surface area contributed by atoms with Gasteiger partial charge in [0.2, 0.25) is 0 Å². The molecule has 31 heavy (non-hydrogen) atoms. The summed E-state index contributed by atoms with van der Waals surface area (Å²) in [5.41, 5.74) is 5.06. The summed E-state index contributed by atoms with van der Waals surface area (Å²) in [6.45, 7) is 10.5. The lowest BCUT2D eigenvalue weighted by molar-refractivity contribution is -0.131. The molecule has 172 valence electrons. The van der Waals surface area contributed by atoms with Gasteiger partial charge in [0.15, 0.2) is 0 Å². The fourth-order valence-electron chi connectivity index (χ4n) is 2.55. The van der Waals surface area contributed by atoms with E-state index in [1.54, 1.807) is 32.0 Å². The van der Waals surface area contributed by atoms with Crippen molar-refractivity contribution in [3.63, 3.8) is 0 Å². The van der Waals surface area contributed by atoms with Crippen LogP contribution >= 0.6 is 34.8 Å². The SMILES string of the molecule is C.CC(=O)Oc1cc(C)cc(C(=O)Cl)c1C.Cc1cc(C)c(C)c(C(=O)O)c1.ClCCl. The Morgan fingerprint density at radius 1 is 0.871 bits per heavy atom. The van der Waals surface area contributed by atoms with Crippen LogP contribution in [-0.2, 0) is 4.79 Å². The van der Waals surface area contributed by atoms with E-state index in [2.05, 4.69) is 0 Å². The van der Waals surface area contributed by atoms with E-state index in [0.29, 0.717) is 22.4 Å². The maximum atomic E-state index is 11.1. The Kier molecular flexibility index (Phi) is 14.9. The molecule has 0 aromatic heterocycles. The molecule has 0 heterocycles. The summed E-state index contributed by atoms with van der Waals surface area (Å²) >= 11 is 14.9. The van der Waals surface area contributed by atoms with Crippen LogP contribution < -0.4 is 4.74 Å². The van der Waals surface area contributed by atoms with Gasteiger partial charge >= 0.3 is 11.9 Å². The number of hydrogen-bond donors (Lipinski definition) is 1. The Hall–Kier alpha value is -2.08. The first-order valence-electron chi connectivity index (χ1n) is 8.78. The zero-order valence-corrected chi connectivity index (χ0v) is 20.0. The van der Waals surface area contributed by atoms with Gasteiger partial charge in [-0.25, -0.2) is 4.79 Å². The smallest absolute Gasteiger partial charge is 0.335 e. The second-order valence-electron chi connectivity index (χ2n) is 6.46. The Morgan fingerprint density at radius 2 is 1.32 bits per heavy atom. The van der Waals surface area contributed by atoms with Crippen LogP contribution in [0.25, 0.3) is 0 Å². The molecule has 0 aliphatic rings. The zero-order chi connectivity index (χ0) is 23.6. The molecule has 0 bridgehead atoms. The van der Waals surface area contributed by atoms with Crippen LogP contribution in [0, 0.1) is 34.6 Å². The molecule has 0 atom stereocenters. The predicted molar refractivity (Wildman–Crippen MR) is 128 cm³/mol. The first kappa shape index (κ1) is 31.1. The number of carbonyl (C=O) groups is 3. The molecular weight excluding hydrogens is 463 g/mol. The fraction of sp³-hybridized carbons (Fsp3) is 0.348. The molecule has 0 unspecified atom stereocenters. The number of aromatic carboxylic acids is 1. The van der Waals surface area contributed by atoms with Crippen molar-refractivity contribution in [2.24, 2.45) is 0 Å². The number of alkyl halides is 2. The summed E-state index contributed by atoms with van der Waals surface area (Å²) in [7, 11) is 0. The number of halogens is 3. The summed E-state index contributed by atoms with van der Waals surface area (Å²) in [6.07, 6.45) is 0. The zero-order valence-electron chi connectivity index (χ0n) is 17.7. The standard InChI is InChI=1S/C11H11ClO3.C10H12O2.CH2Cl2.CH4/c1-6-4-9(11(12)14)7(2)10(5-6)15-8(3)13;1-6-4-7(2)8(3)9(5-6)10(11)12;2-1-3;/h4-5H,1-3H3;4-5H,1-3H3,(H,11,12);1H2;1H4. The molecule has 0 aliphatic carbocycles. The number of benzene rings is 2. The van der Waals surface area contributed by atoms with E-state index >= 15 is 0 Å². The number of rotatable bonds is 3. The molecule has 0 spiro atoms. The Bertz CT molecular complexity index is 924. The van der Waals surface area contributed by atoms with E-state index < -0.39 is 17.2 Å². The maximum Gasteiger partial charge on any atom is 0.335 e. The molecule has 0 radical (unpaired) electrons. The van der Waals surface area contributed by atoms with Crippen molar-refractivity contribution in [2.75, 3.05) is 5.34 Å². The number of carboxylic acids is 1. The third-order valence-corrected chi connectivity index (χ3v) is 4.22. The topological polar surface area (TPSA) is 80.7 Å². The van der Waals surface area contributed by atoms with Crippen LogP contribution in [0.15, 0.2) is 24.3 Å². The van der Waals surface area contributed by atoms with Crippen LogP contribution in [0.5, 0.6) is 5.75 Å². The summed E-state index contributed by atoms with van der Waals surface area (Å²) in [5.74, 6) is -0.887. The molecule has 0 aliphatic heterocycles. The highest BCUT2D eigenvalue weighted by Crippen LogP contribution is 2.25. The summed E-state index contributed by atoms with van der Waals surface area (Å²) < 4.78 is 4.97. The molecule has 2 aromatic rings. The monoisotopic (exact) mass is 490 g/mol. The average Bonchev–Trinajstić information content (AvgIpc) is 2.61. The molecule has 5 nitrogen and oxygen atoms in total. The lowest BCUT2D eigenvalue weighted by Crippen LogP contribution is -2.05. The molecule has 0 fully saturated rings. The van der Waals surface area contributed by atoms with Gasteiger partial charge in [0, 0.05) is 18.1 Å². The van der Waals surface area contributed by atoms with Crippen molar-refractivity contribution in [1.29, 1.82) is 0 Å². The molecule has 2 aromatic carbocycles. The lowest BCUT2D eigenvalue weighted by Gasteiger charge is -2.09. The van der Waals surface area contributed by atoms with Gasteiger partial charge in [-0.15, -0.1) is 23.2 Å². The highest BCUT2D eigenvalue weighted by atomic mass is 35.5. The minimum absolute atomic E-state index is 0. The largest absolute Gasteiger partial charge is 0.478 e. The highest BCUT2D eigenvalue weighted by Gasteiger charge is 2.13. The molecule has 2 rings (SSSR count). The number of esters is 1. The average molecular weight is 492 g/mol. The van der Waals surface area contributed by atoms with Crippen molar-refractivity contribution >= 4 is 52.0 Å². The van der Waals surface area contributed by atoms with Crippen LogP contribution in [0.3, 0.4) is 0 Å². The molecular formula is C23H29Cl3O5. The number of aryl methyl sites for hydroxylation is 3. The number of ether oxygens (including phenoxy) is 1. The van der Waals surface area contributed by atoms with Gasteiger partial charge in [-0.1, -0.05) is 13.5 Å². The maximum absolute atomic E-state index is 11.1. The second-order valence-corrected chi connectivity index (χ2v) is 7.61. The molecule has 8 heteroatoms. The van der Waals surface area contributed by atoms with Crippen molar-refractivity contribution < 1.29 is 24.2 Å². The van der Waals surface area contributed by atoms with Gasteiger partial charge in [0.25, 0.3) is 5.24 Å². The molecule has 0 saturated heterocycles. The van der Waals surface area contributed by atoms with Crippen molar-refractivity contribution in [2.45, 2.75) is 49.0 Å². The molecule has 0 amide bonds. The van der Waals surface area contributed by atoms with Crippen molar-refractivity contribution in [1.82, 2.24) is 0 Å². The summed E-state index contributed by atoms with van der Waals surface area (Å²) in [5, 5.41) is 8.46. The normalized spacial score (nSPS) is 9.19. The summed E-state index contributed by atoms with van der Waals surface area (Å²) in [6, 6.07) is 7.05. The third-order valence-electron chi connectivity index (χ3n) is 4.01. The molecule has 1 N–H and O–H groups in total. The third kappa shape index (κ3) is 10.7. The van der Waals surface area contributed by atoms with E-state index in [-0.39, 0.29) is 12.8 Å². The predicted octanol–water partition coefficient (Wildman–Crippen LogP) is 6.98. The van der Waals surface area contributed by atoms with Gasteiger partial charge in [-0.2, -0.15) is 0 Å². The molecule has 0 saturated carbocycles. The second kappa shape index (κ2) is 14.8. The van der Waals surface area contributed by atoms with E-state index in [9.17, 15) is 14.4 Å². The first-order valence-corrected chi connectivity index (χ1v) is 10.2. The van der Waals surface area contributed by atoms with Crippen LogP contribution in [0.2, 0.25) is 0 Å². The minimum atomic E-state index is -0.848. The van der Waals surface area contributed by atoms with Gasteiger partial charge < -0.3 is 9.84 Å². The Balaban J connectivity index is 0. The Morgan fingerprint density at radius 3 is 1.74 bits per heavy atom. The van der Waals surface area contributed by atoms with E-state index in [1.165, 1.54) is 6.92 Å². The van der Waals surface area contributed by atoms with Crippen LogP contribution in [-0.4, -0.2) is 27.6 Å². The van der Waals surface area contributed by atoms with E-state index in [1.807, 2.05) is 26.8 Å². The van der Waals surface area contributed by atoms with Crippen LogP contribution in [0.4, 0.5) is 0 Å². The Labute approximate surface area is 199 Å². The lowest BCUT2D eigenvalue weighted by atomic mass is 10.0. The van der Waals surface area contributed by atoms with Crippen LogP contribution in [0.1, 0.15) is 62.9 Å². The number of carboxylic acid groups (broad SMARTS) is 1. The number of hydrogen-bond acceptors (Lipinski definition) is 4. The first-order chi connectivity index (χ1) is 13.8. The quantitative estimate of drug-likeness (QED) is 0.217. The van der Waals surface area contributed by atoms with E-state index in [4.69, 9.17) is 44.6 Å². The highest BCUT2D eigenvalue weighted by molar-refractivity contribution is 6.68.